The van der Waals surface area contributed by atoms with Crippen LogP contribution < -0.4 is 4.74 Å². The second-order valence-electron chi connectivity index (χ2n) is 4.26. The van der Waals surface area contributed by atoms with Crippen molar-refractivity contribution >= 4 is 31.9 Å². The van der Waals surface area contributed by atoms with Crippen LogP contribution in [-0.2, 0) is 10.7 Å². The maximum absolute atomic E-state index is 9.21. The van der Waals surface area contributed by atoms with E-state index in [2.05, 4.69) is 37.9 Å². The predicted octanol–water partition coefficient (Wildman–Crippen LogP) is 5.01. The maximum atomic E-state index is 9.21. The quantitative estimate of drug-likeness (QED) is 0.671. The smallest absolute Gasteiger partial charge is 0.146 e. The van der Waals surface area contributed by atoms with Gasteiger partial charge < -0.3 is 4.74 Å². The average molecular weight is 406 g/mol. The molecule has 0 aliphatic rings. The molecule has 0 saturated carbocycles. The predicted molar refractivity (Wildman–Crippen MR) is 87.7 cm³/mol. The monoisotopic (exact) mass is 404 g/mol. The van der Waals surface area contributed by atoms with Crippen molar-refractivity contribution in [3.05, 3.63) is 58.7 Å². The topological polar surface area (TPSA) is 56.8 Å². The Bertz CT molecular complexity index is 723. The summed E-state index contributed by atoms with van der Waals surface area (Å²) in [6.07, 6.45) is 0. The molecule has 0 saturated heterocycles. The van der Waals surface area contributed by atoms with Crippen LogP contribution in [0.3, 0.4) is 0 Å². The van der Waals surface area contributed by atoms with Crippen molar-refractivity contribution in [3.63, 3.8) is 0 Å². The Balaban J connectivity index is 2.44. The molecule has 5 heteroatoms. The first-order valence-electron chi connectivity index (χ1n) is 6.07. The van der Waals surface area contributed by atoms with Gasteiger partial charge >= 0.3 is 0 Å². The van der Waals surface area contributed by atoms with Crippen LogP contribution in [-0.4, -0.2) is 0 Å². The van der Waals surface area contributed by atoms with Crippen molar-refractivity contribution in [2.24, 2.45) is 0 Å². The first kappa shape index (κ1) is 15.6. The lowest BCUT2D eigenvalue weighted by atomic mass is 10.1. The lowest BCUT2D eigenvalue weighted by molar-refractivity contribution is 0.480. The van der Waals surface area contributed by atoms with Gasteiger partial charge in [-0.25, -0.2) is 0 Å². The number of benzene rings is 2. The Morgan fingerprint density at radius 2 is 1.62 bits per heavy atom. The molecule has 21 heavy (non-hydrogen) atoms. The minimum atomic E-state index is 0.254. The average Bonchev–Trinajstić information content (AvgIpc) is 2.54. The summed E-state index contributed by atoms with van der Waals surface area (Å²) in [6.45, 7) is 0. The highest BCUT2D eigenvalue weighted by atomic mass is 79.9. The minimum Gasteiger partial charge on any atom is -0.456 e. The van der Waals surface area contributed by atoms with E-state index in [0.717, 1.165) is 11.1 Å². The number of nitrogens with zero attached hydrogens (tertiary/aromatic N) is 2. The van der Waals surface area contributed by atoms with Crippen molar-refractivity contribution in [2.45, 2.75) is 10.7 Å². The number of hydrogen-bond acceptors (Lipinski definition) is 3. The van der Waals surface area contributed by atoms with E-state index < -0.39 is 0 Å². The van der Waals surface area contributed by atoms with Gasteiger partial charge in [0.25, 0.3) is 0 Å². The van der Waals surface area contributed by atoms with E-state index in [4.69, 9.17) is 10.00 Å². The normalized spacial score (nSPS) is 9.71. The van der Waals surface area contributed by atoms with Gasteiger partial charge in [-0.2, -0.15) is 10.5 Å². The summed E-state index contributed by atoms with van der Waals surface area (Å²) in [5.41, 5.74) is 2.73. The zero-order chi connectivity index (χ0) is 15.2. The van der Waals surface area contributed by atoms with Gasteiger partial charge in [-0.3, -0.25) is 0 Å². The summed E-state index contributed by atoms with van der Waals surface area (Å²) < 4.78 is 5.81. The number of nitriles is 2. The van der Waals surface area contributed by atoms with Crippen LogP contribution in [0.1, 0.15) is 22.3 Å². The van der Waals surface area contributed by atoms with E-state index in [1.54, 1.807) is 18.2 Å². The second kappa shape index (κ2) is 7.26. The molecule has 0 spiro atoms. The molecule has 0 fully saturated rings. The molecule has 0 aromatic heterocycles. The van der Waals surface area contributed by atoms with Gasteiger partial charge in [0.05, 0.1) is 5.56 Å². The SMILES string of the molecule is N#Cc1cccc(Oc2cc(CBr)cc(CBr)c2)c1C#N. The number of halogens is 2. The zero-order valence-corrected chi connectivity index (χ0v) is 14.1. The van der Waals surface area contributed by atoms with E-state index >= 15 is 0 Å². The van der Waals surface area contributed by atoms with Gasteiger partial charge in [-0.1, -0.05) is 44.0 Å². The number of alkyl halides is 2. The van der Waals surface area contributed by atoms with Crippen molar-refractivity contribution < 1.29 is 4.74 Å². The Kier molecular flexibility index (Phi) is 5.38. The van der Waals surface area contributed by atoms with Gasteiger partial charge in [-0.05, 0) is 35.4 Å². The fraction of sp³-hybridized carbons (Fsp3) is 0.125. The molecule has 2 aromatic carbocycles. The molecule has 2 aromatic rings. The Morgan fingerprint density at radius 3 is 2.14 bits per heavy atom. The van der Waals surface area contributed by atoms with E-state index in [-0.39, 0.29) is 5.56 Å². The molecule has 0 heterocycles. The summed E-state index contributed by atoms with van der Waals surface area (Å²) >= 11 is 6.85. The molecule has 0 N–H and O–H groups in total. The molecular weight excluding hydrogens is 396 g/mol. The van der Waals surface area contributed by atoms with E-state index in [1.165, 1.54) is 0 Å². The molecule has 2 rings (SSSR count). The lowest BCUT2D eigenvalue weighted by Gasteiger charge is -2.10. The lowest BCUT2D eigenvalue weighted by Crippen LogP contribution is -1.93. The Morgan fingerprint density at radius 1 is 0.952 bits per heavy atom. The van der Waals surface area contributed by atoms with Gasteiger partial charge in [0.15, 0.2) is 0 Å². The first-order valence-corrected chi connectivity index (χ1v) is 8.32. The van der Waals surface area contributed by atoms with Crippen LogP contribution in [0.4, 0.5) is 0 Å². The van der Waals surface area contributed by atoms with Crippen LogP contribution in [0.2, 0.25) is 0 Å². The van der Waals surface area contributed by atoms with Gasteiger partial charge in [-0.15, -0.1) is 0 Å². The molecule has 0 bridgehead atoms. The highest BCUT2D eigenvalue weighted by Gasteiger charge is 2.10. The second-order valence-corrected chi connectivity index (χ2v) is 5.38. The Labute approximate surface area is 140 Å². The number of hydrogen-bond donors (Lipinski definition) is 0. The molecule has 0 unspecified atom stereocenters. The van der Waals surface area contributed by atoms with Crippen LogP contribution in [0.5, 0.6) is 11.5 Å². The third kappa shape index (κ3) is 3.64. The standard InChI is InChI=1S/C16H10Br2N2O/c17-7-11-4-12(8-18)6-14(5-11)21-16-3-1-2-13(9-19)15(16)10-20/h1-6H,7-8H2. The maximum Gasteiger partial charge on any atom is 0.146 e. The summed E-state index contributed by atoms with van der Waals surface area (Å²) in [5, 5.41) is 19.7. The van der Waals surface area contributed by atoms with E-state index in [1.807, 2.05) is 24.3 Å². The van der Waals surface area contributed by atoms with Crippen molar-refractivity contribution in [1.29, 1.82) is 10.5 Å². The van der Waals surface area contributed by atoms with Crippen LogP contribution >= 0.6 is 31.9 Å². The molecular formula is C16H10Br2N2O. The highest BCUT2D eigenvalue weighted by molar-refractivity contribution is 9.08. The third-order valence-electron chi connectivity index (χ3n) is 2.82. The largest absolute Gasteiger partial charge is 0.456 e. The molecule has 0 aliphatic heterocycles. The summed E-state index contributed by atoms with van der Waals surface area (Å²) in [4.78, 5) is 0. The van der Waals surface area contributed by atoms with Crippen LogP contribution in [0.15, 0.2) is 36.4 Å². The van der Waals surface area contributed by atoms with Crippen molar-refractivity contribution in [2.75, 3.05) is 0 Å². The van der Waals surface area contributed by atoms with Crippen molar-refractivity contribution in [1.82, 2.24) is 0 Å². The molecule has 104 valence electrons. The highest BCUT2D eigenvalue weighted by Crippen LogP contribution is 2.29. The molecule has 0 amide bonds. The molecule has 0 radical (unpaired) electrons. The third-order valence-corrected chi connectivity index (χ3v) is 4.12. The summed E-state index contributed by atoms with van der Waals surface area (Å²) in [5.74, 6) is 1.04. The minimum absolute atomic E-state index is 0.254. The van der Waals surface area contributed by atoms with Crippen LogP contribution in [0, 0.1) is 22.7 Å². The fourth-order valence-electron chi connectivity index (χ4n) is 1.89. The van der Waals surface area contributed by atoms with Gasteiger partial charge in [0.1, 0.15) is 29.2 Å². The molecule has 0 aliphatic carbocycles. The van der Waals surface area contributed by atoms with E-state index in [9.17, 15) is 5.26 Å². The summed E-state index contributed by atoms with van der Waals surface area (Å²) in [6, 6.07) is 14.9. The molecule has 0 atom stereocenters. The van der Waals surface area contributed by atoms with Crippen molar-refractivity contribution in [3.8, 4) is 23.6 Å². The Hall–Kier alpha value is -1.82. The van der Waals surface area contributed by atoms with Crippen LogP contribution in [0.25, 0.3) is 0 Å². The van der Waals surface area contributed by atoms with Gasteiger partial charge in [0.2, 0.25) is 0 Å². The fourth-order valence-corrected chi connectivity index (χ4v) is 2.54. The summed E-state index contributed by atoms with van der Waals surface area (Å²) in [7, 11) is 0. The van der Waals surface area contributed by atoms with E-state index in [0.29, 0.717) is 27.7 Å². The zero-order valence-electron chi connectivity index (χ0n) is 10.9. The first-order chi connectivity index (χ1) is 10.2. The number of ether oxygens (including phenoxy) is 1. The molecule has 3 nitrogen and oxygen atoms in total. The van der Waals surface area contributed by atoms with Gasteiger partial charge in [0, 0.05) is 10.7 Å². The number of rotatable bonds is 4.